The molecule has 46 heavy (non-hydrogen) atoms. The van der Waals surface area contributed by atoms with Crippen LogP contribution >= 0.6 is 11.6 Å². The maximum atomic E-state index is 13.5. The van der Waals surface area contributed by atoms with Crippen LogP contribution < -0.4 is 10.2 Å². The molecule has 14 heteroatoms. The minimum Gasteiger partial charge on any atom is -0.453 e. The number of alkyl halides is 3. The zero-order valence-electron chi connectivity index (χ0n) is 26.1. The fourth-order valence-corrected chi connectivity index (χ4v) is 9.01. The number of aromatic amines is 1. The molecule has 0 amide bonds. The number of esters is 1. The third kappa shape index (κ3) is 4.67. The smallest absolute Gasteiger partial charge is 0.453 e. The van der Waals surface area contributed by atoms with Gasteiger partial charge in [0.25, 0.3) is 0 Å². The predicted molar refractivity (Wildman–Crippen MR) is 166 cm³/mol. The molecule has 0 radical (unpaired) electrons. The highest BCUT2D eigenvalue weighted by Gasteiger charge is 2.60. The van der Waals surface area contributed by atoms with Gasteiger partial charge in [0.1, 0.15) is 6.10 Å². The molecule has 2 unspecified atom stereocenters. The van der Waals surface area contributed by atoms with Gasteiger partial charge >= 0.3 is 12.1 Å². The van der Waals surface area contributed by atoms with Crippen LogP contribution in [0, 0.1) is 19.3 Å². The van der Waals surface area contributed by atoms with E-state index in [-0.39, 0.29) is 12.1 Å². The van der Waals surface area contributed by atoms with Crippen LogP contribution in [-0.4, -0.2) is 101 Å². The van der Waals surface area contributed by atoms with E-state index in [2.05, 4.69) is 36.9 Å². The molecule has 3 aromatic rings. The molecule has 2 aliphatic carbocycles. The van der Waals surface area contributed by atoms with Crippen LogP contribution in [0.5, 0.6) is 0 Å². The molecule has 5 heterocycles. The van der Waals surface area contributed by atoms with Crippen molar-refractivity contribution < 1.29 is 27.4 Å². The molecule has 2 N–H and O–H groups in total. The number of benzene rings is 1. The number of fused-ring (bicyclic) bond motifs is 1. The second-order valence-electron chi connectivity index (χ2n) is 14.1. The van der Waals surface area contributed by atoms with E-state index in [0.717, 1.165) is 72.1 Å². The Balaban J connectivity index is 1.26. The Morgan fingerprint density at radius 2 is 1.87 bits per heavy atom. The van der Waals surface area contributed by atoms with Crippen molar-refractivity contribution in [3.05, 3.63) is 28.5 Å². The summed E-state index contributed by atoms with van der Waals surface area (Å²) in [5.41, 5.74) is 3.80. The van der Waals surface area contributed by atoms with Gasteiger partial charge in [-0.25, -0.2) is 4.79 Å². The molecular weight excluding hydrogens is 623 g/mol. The molecule has 8 rings (SSSR count). The first-order chi connectivity index (χ1) is 22.0. The minimum absolute atomic E-state index is 0.206. The second kappa shape index (κ2) is 10.8. The number of ether oxygens (including phenoxy) is 2. The van der Waals surface area contributed by atoms with Gasteiger partial charge < -0.3 is 19.7 Å². The van der Waals surface area contributed by atoms with Gasteiger partial charge in [-0.1, -0.05) is 11.6 Å². The fraction of sp³-hybridized carbons (Fsp3) is 0.656. The van der Waals surface area contributed by atoms with Crippen molar-refractivity contribution in [3.63, 3.8) is 0 Å². The van der Waals surface area contributed by atoms with Gasteiger partial charge in [0.05, 0.1) is 28.3 Å². The summed E-state index contributed by atoms with van der Waals surface area (Å²) < 4.78 is 53.6. The number of nitrogens with one attached hydrogen (secondary N) is 2. The third-order valence-electron chi connectivity index (χ3n) is 11.4. The first-order valence-corrected chi connectivity index (χ1v) is 16.7. The summed E-state index contributed by atoms with van der Waals surface area (Å²) in [4.78, 5) is 16.8. The van der Waals surface area contributed by atoms with E-state index < -0.39 is 23.8 Å². The zero-order valence-corrected chi connectivity index (χ0v) is 26.8. The maximum Gasteiger partial charge on any atom is 0.490 e. The summed E-state index contributed by atoms with van der Waals surface area (Å²) in [6.07, 6.45) is 0.437. The number of H-pyrrole nitrogens is 1. The van der Waals surface area contributed by atoms with Crippen LogP contribution in [0.1, 0.15) is 55.8 Å². The van der Waals surface area contributed by atoms with Crippen LogP contribution in [0.4, 0.5) is 19.0 Å². The van der Waals surface area contributed by atoms with Crippen molar-refractivity contribution in [1.29, 1.82) is 0 Å². The van der Waals surface area contributed by atoms with Crippen LogP contribution in [0.15, 0.2) is 12.3 Å². The Labute approximate surface area is 269 Å². The Morgan fingerprint density at radius 3 is 2.52 bits per heavy atom. The Hall–Kier alpha value is -2.87. The van der Waals surface area contributed by atoms with E-state index in [9.17, 15) is 18.0 Å². The monoisotopic (exact) mass is 661 g/mol. The molecule has 248 valence electrons. The lowest BCUT2D eigenvalue weighted by molar-refractivity contribution is -0.215. The fourth-order valence-electron chi connectivity index (χ4n) is 8.76. The molecule has 3 saturated heterocycles. The lowest BCUT2D eigenvalue weighted by atomic mass is 9.61. The lowest BCUT2D eigenvalue weighted by Crippen LogP contribution is -2.74. The van der Waals surface area contributed by atoms with Gasteiger partial charge in [0, 0.05) is 74.2 Å². The molecule has 5 fully saturated rings. The van der Waals surface area contributed by atoms with Gasteiger partial charge in [0.15, 0.2) is 5.82 Å². The molecule has 5 aliphatic rings. The Kier molecular flexibility index (Phi) is 7.17. The zero-order chi connectivity index (χ0) is 32.0. The Bertz CT molecular complexity index is 1670. The van der Waals surface area contributed by atoms with Crippen molar-refractivity contribution in [3.8, 4) is 11.1 Å². The Morgan fingerprint density at radius 1 is 1.11 bits per heavy atom. The molecule has 10 nitrogen and oxygen atoms in total. The number of piperazine rings is 1. The number of carbonyl (C=O) groups is 1. The predicted octanol–water partition coefficient (Wildman–Crippen LogP) is 4.93. The standard InChI is InChI=1S/C32H39ClF3N7O3/c1-18-11-23-22(14-38-39-23)26(27(18)33)25-19(2)43(21-12-30(13-21)15-37-16-30)40-28(25)42-8-7-41(20-4-9-45-10-5-20)17-31(42)6-3-24(31)46-29(44)32(34,35)36/h11,14,20-21,24,37H,3-10,12-13,15-17H2,1-2H3,(H,38,39). The molecule has 2 saturated carbocycles. The second-order valence-corrected chi connectivity index (χ2v) is 14.5. The van der Waals surface area contributed by atoms with Gasteiger partial charge in [-0.05, 0) is 69.4 Å². The van der Waals surface area contributed by atoms with Crippen molar-refractivity contribution in [2.45, 2.75) is 82.3 Å². The summed E-state index contributed by atoms with van der Waals surface area (Å²) in [6, 6.07) is 2.43. The summed E-state index contributed by atoms with van der Waals surface area (Å²) in [5.74, 6) is -1.46. The summed E-state index contributed by atoms with van der Waals surface area (Å²) in [6.45, 7) is 9.05. The number of halogens is 4. The van der Waals surface area contributed by atoms with Crippen molar-refractivity contribution in [2.75, 3.05) is 50.8 Å². The minimum atomic E-state index is -5.07. The first kappa shape index (κ1) is 30.5. The quantitative estimate of drug-likeness (QED) is 0.372. The van der Waals surface area contributed by atoms with Crippen LogP contribution in [0.2, 0.25) is 5.02 Å². The third-order valence-corrected chi connectivity index (χ3v) is 11.9. The van der Waals surface area contributed by atoms with E-state index in [4.69, 9.17) is 26.2 Å². The SMILES string of the molecule is Cc1cc2[nH]ncc2c(-c2c(N3CCN(C4CCOCC4)CC34CCC4OC(=O)C(F)(F)F)nn(C3CC4(CNC4)C3)c2C)c1Cl. The highest BCUT2D eigenvalue weighted by molar-refractivity contribution is 6.36. The molecule has 0 bridgehead atoms. The number of hydrogen-bond donors (Lipinski definition) is 2. The van der Waals surface area contributed by atoms with Crippen molar-refractivity contribution in [1.82, 2.24) is 30.2 Å². The summed E-state index contributed by atoms with van der Waals surface area (Å²) in [7, 11) is 0. The molecule has 2 aromatic heterocycles. The van der Waals surface area contributed by atoms with Crippen LogP contribution in [-0.2, 0) is 14.3 Å². The van der Waals surface area contributed by atoms with Gasteiger partial charge in [0.2, 0.25) is 0 Å². The number of carbonyl (C=O) groups excluding carboxylic acids is 1. The normalized spacial score (nSPS) is 27.2. The van der Waals surface area contributed by atoms with Crippen LogP contribution in [0.25, 0.3) is 22.0 Å². The topological polar surface area (TPSA) is 101 Å². The molecule has 1 aromatic carbocycles. The highest BCUT2D eigenvalue weighted by Crippen LogP contribution is 2.55. The summed E-state index contributed by atoms with van der Waals surface area (Å²) in [5, 5.41) is 17.6. The maximum absolute atomic E-state index is 13.5. The molecule has 2 atom stereocenters. The summed E-state index contributed by atoms with van der Waals surface area (Å²) >= 11 is 7.13. The number of aromatic nitrogens is 4. The molecule has 3 aliphatic heterocycles. The number of hydrogen-bond acceptors (Lipinski definition) is 8. The van der Waals surface area contributed by atoms with Gasteiger partial charge in [-0.2, -0.15) is 23.4 Å². The van der Waals surface area contributed by atoms with E-state index in [1.807, 2.05) is 13.0 Å². The molecular formula is C32H39ClF3N7O3. The van der Waals surface area contributed by atoms with E-state index >= 15 is 0 Å². The van der Waals surface area contributed by atoms with Gasteiger partial charge in [-0.3, -0.25) is 14.7 Å². The number of anilines is 1. The van der Waals surface area contributed by atoms with Gasteiger partial charge in [-0.15, -0.1) is 0 Å². The number of aryl methyl sites for hydroxylation is 1. The first-order valence-electron chi connectivity index (χ1n) is 16.3. The van der Waals surface area contributed by atoms with E-state index in [1.54, 1.807) is 6.20 Å². The average Bonchev–Trinajstić information content (AvgIpc) is 3.58. The lowest BCUT2D eigenvalue weighted by Gasteiger charge is -2.60. The number of nitrogens with zero attached hydrogens (tertiary/aromatic N) is 5. The van der Waals surface area contributed by atoms with E-state index in [1.165, 1.54) is 0 Å². The highest BCUT2D eigenvalue weighted by atomic mass is 35.5. The molecule has 2 spiro atoms. The number of rotatable bonds is 5. The van der Waals surface area contributed by atoms with Crippen LogP contribution in [0.3, 0.4) is 0 Å². The average molecular weight is 662 g/mol. The van der Waals surface area contributed by atoms with Crippen molar-refractivity contribution in [2.24, 2.45) is 5.41 Å². The van der Waals surface area contributed by atoms with E-state index in [0.29, 0.717) is 61.9 Å². The van der Waals surface area contributed by atoms with Crippen molar-refractivity contribution >= 4 is 34.3 Å². The largest absolute Gasteiger partial charge is 0.490 e.